The molecule has 1 fully saturated rings. The van der Waals surface area contributed by atoms with E-state index in [1.165, 1.54) is 0 Å². The van der Waals surface area contributed by atoms with Crippen molar-refractivity contribution >= 4 is 5.84 Å². The van der Waals surface area contributed by atoms with Crippen LogP contribution in [0.2, 0.25) is 0 Å². The van der Waals surface area contributed by atoms with Crippen molar-refractivity contribution in [3.8, 4) is 5.75 Å². The second kappa shape index (κ2) is 6.54. The fraction of sp³-hybridized carbons (Fsp3) is 0.500. The standard InChI is InChI=1S/C14H20N2O3/c1-17-13-3-2-11(14(15)16)6-12(13)9-19-8-10-4-5-18-7-10/h2-3,6,10H,4-5,7-9H2,1H3,(H3,15,16). The molecule has 1 atom stereocenters. The lowest BCUT2D eigenvalue weighted by Crippen LogP contribution is -2.13. The Morgan fingerprint density at radius 1 is 1.53 bits per heavy atom. The molecule has 0 radical (unpaired) electrons. The predicted molar refractivity (Wildman–Crippen MR) is 72.6 cm³/mol. The zero-order chi connectivity index (χ0) is 13.7. The number of nitrogens with one attached hydrogen (secondary N) is 1. The van der Waals surface area contributed by atoms with Crippen LogP contribution in [0.15, 0.2) is 18.2 Å². The minimum Gasteiger partial charge on any atom is -0.496 e. The Bertz CT molecular complexity index is 442. The van der Waals surface area contributed by atoms with E-state index in [-0.39, 0.29) is 5.84 Å². The topological polar surface area (TPSA) is 77.6 Å². The van der Waals surface area contributed by atoms with Crippen LogP contribution in [-0.4, -0.2) is 32.8 Å². The monoisotopic (exact) mass is 264 g/mol. The van der Waals surface area contributed by atoms with Crippen LogP contribution in [0.5, 0.6) is 5.75 Å². The van der Waals surface area contributed by atoms with Gasteiger partial charge in [0.25, 0.3) is 0 Å². The maximum Gasteiger partial charge on any atom is 0.124 e. The summed E-state index contributed by atoms with van der Waals surface area (Å²) in [5.74, 6) is 1.29. The molecule has 0 aliphatic carbocycles. The number of hydrogen-bond donors (Lipinski definition) is 2. The molecule has 0 spiro atoms. The average Bonchev–Trinajstić information content (AvgIpc) is 2.91. The van der Waals surface area contributed by atoms with E-state index in [4.69, 9.17) is 25.4 Å². The Kier molecular flexibility index (Phi) is 4.76. The Labute approximate surface area is 113 Å². The third-order valence-electron chi connectivity index (χ3n) is 3.23. The van der Waals surface area contributed by atoms with Crippen molar-refractivity contribution in [3.63, 3.8) is 0 Å². The third kappa shape index (κ3) is 3.68. The van der Waals surface area contributed by atoms with Crippen LogP contribution in [0.4, 0.5) is 0 Å². The van der Waals surface area contributed by atoms with Crippen molar-refractivity contribution in [2.75, 3.05) is 26.9 Å². The average molecular weight is 264 g/mol. The van der Waals surface area contributed by atoms with Crippen molar-refractivity contribution < 1.29 is 14.2 Å². The normalized spacial score (nSPS) is 18.5. The Morgan fingerprint density at radius 2 is 2.37 bits per heavy atom. The van der Waals surface area contributed by atoms with Crippen LogP contribution >= 0.6 is 0 Å². The molecule has 0 bridgehead atoms. The quantitative estimate of drug-likeness (QED) is 0.603. The van der Waals surface area contributed by atoms with Crippen molar-refractivity contribution in [3.05, 3.63) is 29.3 Å². The van der Waals surface area contributed by atoms with E-state index in [2.05, 4.69) is 0 Å². The van der Waals surface area contributed by atoms with Crippen LogP contribution < -0.4 is 10.5 Å². The molecule has 1 aliphatic heterocycles. The van der Waals surface area contributed by atoms with Gasteiger partial charge in [-0.1, -0.05) is 0 Å². The van der Waals surface area contributed by atoms with E-state index < -0.39 is 0 Å². The summed E-state index contributed by atoms with van der Waals surface area (Å²) in [6.07, 6.45) is 1.06. The smallest absolute Gasteiger partial charge is 0.124 e. The minimum atomic E-state index is 0.0492. The van der Waals surface area contributed by atoms with Gasteiger partial charge >= 0.3 is 0 Å². The van der Waals surface area contributed by atoms with Gasteiger partial charge in [-0.2, -0.15) is 0 Å². The van der Waals surface area contributed by atoms with Crippen LogP contribution in [0.25, 0.3) is 0 Å². The zero-order valence-corrected chi connectivity index (χ0v) is 11.1. The number of benzene rings is 1. The summed E-state index contributed by atoms with van der Waals surface area (Å²) in [4.78, 5) is 0. The first-order chi connectivity index (χ1) is 9.20. The van der Waals surface area contributed by atoms with Gasteiger partial charge in [-0.25, -0.2) is 0 Å². The molecule has 0 amide bonds. The Hall–Kier alpha value is -1.59. The van der Waals surface area contributed by atoms with Crippen molar-refractivity contribution in [2.45, 2.75) is 13.0 Å². The Morgan fingerprint density at radius 3 is 3.00 bits per heavy atom. The Balaban J connectivity index is 1.96. The number of ether oxygens (including phenoxy) is 3. The number of nitrogens with two attached hydrogens (primary N) is 1. The summed E-state index contributed by atoms with van der Waals surface area (Å²) in [6.45, 7) is 2.76. The summed E-state index contributed by atoms with van der Waals surface area (Å²) >= 11 is 0. The number of rotatable bonds is 6. The molecule has 1 aromatic carbocycles. The van der Waals surface area contributed by atoms with Gasteiger partial charge < -0.3 is 19.9 Å². The number of amidine groups is 1. The van der Waals surface area contributed by atoms with Gasteiger partial charge in [0.05, 0.1) is 26.9 Å². The molecule has 0 saturated carbocycles. The zero-order valence-electron chi connectivity index (χ0n) is 11.1. The predicted octanol–water partition coefficient (Wildman–Crippen LogP) is 1.53. The molecule has 2 rings (SSSR count). The number of nitrogen functional groups attached to an aromatic ring is 1. The molecule has 1 aliphatic rings. The van der Waals surface area contributed by atoms with E-state index in [0.29, 0.717) is 24.7 Å². The molecule has 19 heavy (non-hydrogen) atoms. The van der Waals surface area contributed by atoms with Gasteiger partial charge in [0.2, 0.25) is 0 Å². The van der Waals surface area contributed by atoms with Crippen LogP contribution in [0, 0.1) is 11.3 Å². The van der Waals surface area contributed by atoms with Gasteiger partial charge in [0.1, 0.15) is 11.6 Å². The molecular weight excluding hydrogens is 244 g/mol. The SMILES string of the molecule is COc1ccc(C(=N)N)cc1COCC1CCOC1. The van der Waals surface area contributed by atoms with Crippen molar-refractivity contribution in [1.29, 1.82) is 5.41 Å². The molecule has 5 heteroatoms. The number of methoxy groups -OCH3 is 1. The van der Waals surface area contributed by atoms with Gasteiger partial charge in [-0.05, 0) is 24.6 Å². The van der Waals surface area contributed by atoms with Gasteiger partial charge in [-0.15, -0.1) is 0 Å². The maximum absolute atomic E-state index is 7.45. The van der Waals surface area contributed by atoms with Gasteiger partial charge in [-0.3, -0.25) is 5.41 Å². The second-order valence-corrected chi connectivity index (χ2v) is 4.69. The first kappa shape index (κ1) is 13.8. The minimum absolute atomic E-state index is 0.0492. The highest BCUT2D eigenvalue weighted by molar-refractivity contribution is 5.95. The summed E-state index contributed by atoms with van der Waals surface area (Å²) in [7, 11) is 1.62. The fourth-order valence-corrected chi connectivity index (χ4v) is 2.11. The van der Waals surface area contributed by atoms with E-state index in [1.807, 2.05) is 12.1 Å². The van der Waals surface area contributed by atoms with Crippen LogP contribution in [0.3, 0.4) is 0 Å². The molecule has 0 aromatic heterocycles. The molecule has 3 N–H and O–H groups in total. The lowest BCUT2D eigenvalue weighted by atomic mass is 10.1. The van der Waals surface area contributed by atoms with Crippen molar-refractivity contribution in [1.82, 2.24) is 0 Å². The van der Waals surface area contributed by atoms with E-state index in [0.717, 1.165) is 30.9 Å². The maximum atomic E-state index is 7.45. The van der Waals surface area contributed by atoms with E-state index in [1.54, 1.807) is 13.2 Å². The lowest BCUT2D eigenvalue weighted by molar-refractivity contribution is 0.0780. The largest absolute Gasteiger partial charge is 0.496 e. The molecule has 1 saturated heterocycles. The molecule has 5 nitrogen and oxygen atoms in total. The first-order valence-electron chi connectivity index (χ1n) is 6.37. The third-order valence-corrected chi connectivity index (χ3v) is 3.23. The van der Waals surface area contributed by atoms with E-state index in [9.17, 15) is 0 Å². The van der Waals surface area contributed by atoms with Gasteiger partial charge in [0, 0.05) is 23.7 Å². The lowest BCUT2D eigenvalue weighted by Gasteiger charge is -2.12. The summed E-state index contributed by atoms with van der Waals surface area (Å²) in [6, 6.07) is 5.43. The second-order valence-electron chi connectivity index (χ2n) is 4.69. The van der Waals surface area contributed by atoms with Gasteiger partial charge in [0.15, 0.2) is 0 Å². The molecular formula is C14H20N2O3. The highest BCUT2D eigenvalue weighted by Gasteiger charge is 2.16. The highest BCUT2D eigenvalue weighted by atomic mass is 16.5. The van der Waals surface area contributed by atoms with E-state index >= 15 is 0 Å². The highest BCUT2D eigenvalue weighted by Crippen LogP contribution is 2.21. The first-order valence-corrected chi connectivity index (χ1v) is 6.37. The number of hydrogen-bond acceptors (Lipinski definition) is 4. The fourth-order valence-electron chi connectivity index (χ4n) is 2.11. The van der Waals surface area contributed by atoms with Crippen LogP contribution in [0.1, 0.15) is 17.5 Å². The molecule has 1 heterocycles. The molecule has 1 unspecified atom stereocenters. The molecule has 104 valence electrons. The van der Waals surface area contributed by atoms with Crippen molar-refractivity contribution in [2.24, 2.45) is 11.7 Å². The molecule has 1 aromatic rings. The van der Waals surface area contributed by atoms with Crippen LogP contribution in [-0.2, 0) is 16.1 Å². The summed E-state index contributed by atoms with van der Waals surface area (Å²) < 4.78 is 16.3. The summed E-state index contributed by atoms with van der Waals surface area (Å²) in [5.41, 5.74) is 7.08. The summed E-state index contributed by atoms with van der Waals surface area (Å²) in [5, 5.41) is 7.45.